The van der Waals surface area contributed by atoms with Crippen molar-refractivity contribution in [3.63, 3.8) is 0 Å². The van der Waals surface area contributed by atoms with E-state index in [1.807, 2.05) is 14.1 Å². The molecule has 2 aliphatic heterocycles. The molecule has 0 radical (unpaired) electrons. The van der Waals surface area contributed by atoms with Gasteiger partial charge in [0.1, 0.15) is 6.04 Å². The number of ether oxygens (including phenoxy) is 1. The van der Waals surface area contributed by atoms with Crippen LogP contribution in [0.5, 0.6) is 0 Å². The fourth-order valence-electron chi connectivity index (χ4n) is 2.90. The highest BCUT2D eigenvalue weighted by molar-refractivity contribution is 5.81. The summed E-state index contributed by atoms with van der Waals surface area (Å²) in [5.74, 6) is 0.215. The lowest BCUT2D eigenvalue weighted by molar-refractivity contribution is -0.136. The van der Waals surface area contributed by atoms with Crippen molar-refractivity contribution >= 4 is 5.91 Å². The van der Waals surface area contributed by atoms with E-state index in [1.54, 1.807) is 4.90 Å². The molecule has 2 saturated heterocycles. The summed E-state index contributed by atoms with van der Waals surface area (Å²) in [5.41, 5.74) is 0. The van der Waals surface area contributed by atoms with E-state index in [9.17, 15) is 4.79 Å². The van der Waals surface area contributed by atoms with Gasteiger partial charge in [0.25, 0.3) is 0 Å². The predicted octanol–water partition coefficient (Wildman–Crippen LogP) is -0.0825. The van der Waals surface area contributed by atoms with Crippen molar-refractivity contribution < 1.29 is 9.53 Å². The monoisotopic (exact) mass is 255 g/mol. The van der Waals surface area contributed by atoms with Crippen LogP contribution in [0.2, 0.25) is 0 Å². The van der Waals surface area contributed by atoms with Crippen molar-refractivity contribution in [2.24, 2.45) is 0 Å². The molecule has 18 heavy (non-hydrogen) atoms. The van der Waals surface area contributed by atoms with Crippen LogP contribution >= 0.6 is 0 Å². The summed E-state index contributed by atoms with van der Waals surface area (Å²) in [6.07, 6.45) is 3.31. The highest BCUT2D eigenvalue weighted by Crippen LogP contribution is 2.19. The third kappa shape index (κ3) is 3.22. The third-order valence-corrected chi connectivity index (χ3v) is 3.90. The van der Waals surface area contributed by atoms with Crippen LogP contribution in [0.25, 0.3) is 0 Å². The Morgan fingerprint density at radius 2 is 2.17 bits per heavy atom. The average molecular weight is 255 g/mol. The molecule has 0 spiro atoms. The van der Waals surface area contributed by atoms with Gasteiger partial charge in [-0.2, -0.15) is 0 Å². The van der Waals surface area contributed by atoms with E-state index in [0.29, 0.717) is 6.04 Å². The lowest BCUT2D eigenvalue weighted by Crippen LogP contribution is -2.60. The second-order valence-electron chi connectivity index (χ2n) is 5.39. The molecular weight excluding hydrogens is 230 g/mol. The van der Waals surface area contributed by atoms with Crippen LogP contribution in [-0.2, 0) is 9.53 Å². The Morgan fingerprint density at radius 1 is 1.33 bits per heavy atom. The number of amides is 1. The number of hydrogen-bond acceptors (Lipinski definition) is 4. The van der Waals surface area contributed by atoms with Crippen LogP contribution in [0.3, 0.4) is 0 Å². The van der Waals surface area contributed by atoms with E-state index in [4.69, 9.17) is 4.74 Å². The molecule has 1 amide bonds. The molecule has 104 valence electrons. The van der Waals surface area contributed by atoms with Crippen molar-refractivity contribution in [2.75, 3.05) is 46.9 Å². The first kappa shape index (κ1) is 13.8. The van der Waals surface area contributed by atoms with Crippen molar-refractivity contribution in [3.05, 3.63) is 0 Å². The molecule has 2 unspecified atom stereocenters. The molecular formula is C13H25N3O2. The van der Waals surface area contributed by atoms with Crippen molar-refractivity contribution in [1.82, 2.24) is 15.1 Å². The van der Waals surface area contributed by atoms with Gasteiger partial charge in [-0.05, 0) is 19.3 Å². The Labute approximate surface area is 109 Å². The molecule has 0 bridgehead atoms. The Morgan fingerprint density at radius 3 is 2.94 bits per heavy atom. The van der Waals surface area contributed by atoms with Crippen LogP contribution < -0.4 is 5.32 Å². The fourth-order valence-corrected chi connectivity index (χ4v) is 2.90. The van der Waals surface area contributed by atoms with Gasteiger partial charge >= 0.3 is 0 Å². The van der Waals surface area contributed by atoms with Crippen molar-refractivity contribution in [3.8, 4) is 0 Å². The number of piperazine rings is 1. The zero-order chi connectivity index (χ0) is 13.0. The summed E-state index contributed by atoms with van der Waals surface area (Å²) in [6.45, 7) is 4.42. The SMILES string of the molecule is CN(C)C(=O)C1CNCCN1C1CCCOCC1. The maximum Gasteiger partial charge on any atom is 0.240 e. The molecule has 0 aromatic rings. The van der Waals surface area contributed by atoms with E-state index in [-0.39, 0.29) is 11.9 Å². The molecule has 2 rings (SSSR count). The summed E-state index contributed by atoms with van der Waals surface area (Å²) in [5, 5.41) is 3.33. The second-order valence-corrected chi connectivity index (χ2v) is 5.39. The van der Waals surface area contributed by atoms with E-state index in [1.165, 1.54) is 0 Å². The van der Waals surface area contributed by atoms with Gasteiger partial charge < -0.3 is 15.0 Å². The first-order chi connectivity index (χ1) is 8.70. The first-order valence-electron chi connectivity index (χ1n) is 6.95. The lowest BCUT2D eigenvalue weighted by Gasteiger charge is -2.41. The Balaban J connectivity index is 2.04. The smallest absolute Gasteiger partial charge is 0.240 e. The van der Waals surface area contributed by atoms with Crippen LogP contribution in [0.4, 0.5) is 0 Å². The number of nitrogens with one attached hydrogen (secondary N) is 1. The Kier molecular flexibility index (Phi) is 4.97. The molecule has 5 nitrogen and oxygen atoms in total. The van der Waals surface area contributed by atoms with Gasteiger partial charge in [-0.1, -0.05) is 0 Å². The molecule has 2 atom stereocenters. The zero-order valence-electron chi connectivity index (χ0n) is 11.5. The van der Waals surface area contributed by atoms with E-state index in [0.717, 1.165) is 52.1 Å². The average Bonchev–Trinajstić information content (AvgIpc) is 2.66. The minimum atomic E-state index is -0.00292. The molecule has 1 N–H and O–H groups in total. The molecule has 2 aliphatic rings. The molecule has 2 heterocycles. The maximum absolute atomic E-state index is 12.2. The van der Waals surface area contributed by atoms with Crippen LogP contribution in [0.1, 0.15) is 19.3 Å². The van der Waals surface area contributed by atoms with Crippen molar-refractivity contribution in [1.29, 1.82) is 0 Å². The number of hydrogen-bond donors (Lipinski definition) is 1. The van der Waals surface area contributed by atoms with Gasteiger partial charge in [0.15, 0.2) is 0 Å². The molecule has 0 aliphatic carbocycles. The van der Waals surface area contributed by atoms with Gasteiger partial charge in [0.2, 0.25) is 5.91 Å². The molecule has 0 aromatic heterocycles. The number of carbonyl (C=O) groups is 1. The standard InChI is InChI=1S/C13H25N3O2/c1-15(2)13(17)12-10-14-6-7-16(12)11-4-3-8-18-9-5-11/h11-12,14H,3-10H2,1-2H3. The quantitative estimate of drug-likeness (QED) is 0.749. The van der Waals surface area contributed by atoms with Crippen molar-refractivity contribution in [2.45, 2.75) is 31.3 Å². The van der Waals surface area contributed by atoms with E-state index in [2.05, 4.69) is 10.2 Å². The Hall–Kier alpha value is -0.650. The highest BCUT2D eigenvalue weighted by Gasteiger charge is 2.34. The molecule has 0 saturated carbocycles. The summed E-state index contributed by atoms with van der Waals surface area (Å²) < 4.78 is 5.52. The Bertz CT molecular complexity index is 275. The molecule has 2 fully saturated rings. The first-order valence-corrected chi connectivity index (χ1v) is 6.95. The summed E-state index contributed by atoms with van der Waals surface area (Å²) in [4.78, 5) is 16.4. The largest absolute Gasteiger partial charge is 0.381 e. The second kappa shape index (κ2) is 6.50. The van der Waals surface area contributed by atoms with Gasteiger partial charge in [0.05, 0.1) is 0 Å². The van der Waals surface area contributed by atoms with E-state index < -0.39 is 0 Å². The van der Waals surface area contributed by atoms with Gasteiger partial charge in [-0.15, -0.1) is 0 Å². The summed E-state index contributed by atoms with van der Waals surface area (Å²) >= 11 is 0. The summed E-state index contributed by atoms with van der Waals surface area (Å²) in [7, 11) is 3.68. The minimum Gasteiger partial charge on any atom is -0.381 e. The topological polar surface area (TPSA) is 44.8 Å². The fraction of sp³-hybridized carbons (Fsp3) is 0.923. The number of carbonyl (C=O) groups excluding carboxylic acids is 1. The normalized spacial score (nSPS) is 30.8. The lowest BCUT2D eigenvalue weighted by atomic mass is 10.0. The van der Waals surface area contributed by atoms with Gasteiger partial charge in [-0.25, -0.2) is 0 Å². The van der Waals surface area contributed by atoms with Crippen LogP contribution in [-0.4, -0.2) is 74.7 Å². The van der Waals surface area contributed by atoms with Gasteiger partial charge in [0, 0.05) is 53.0 Å². The molecule has 5 heteroatoms. The number of nitrogens with zero attached hydrogens (tertiary/aromatic N) is 2. The van der Waals surface area contributed by atoms with E-state index >= 15 is 0 Å². The maximum atomic E-state index is 12.2. The number of likely N-dealkylation sites (N-methyl/N-ethyl adjacent to an activating group) is 1. The van der Waals surface area contributed by atoms with Crippen LogP contribution in [0.15, 0.2) is 0 Å². The molecule has 0 aromatic carbocycles. The zero-order valence-corrected chi connectivity index (χ0v) is 11.5. The van der Waals surface area contributed by atoms with Gasteiger partial charge in [-0.3, -0.25) is 9.69 Å². The number of rotatable bonds is 2. The van der Waals surface area contributed by atoms with Crippen LogP contribution in [0, 0.1) is 0 Å². The highest BCUT2D eigenvalue weighted by atomic mass is 16.5. The third-order valence-electron chi connectivity index (χ3n) is 3.90. The summed E-state index contributed by atoms with van der Waals surface area (Å²) in [6, 6.07) is 0.500. The predicted molar refractivity (Wildman–Crippen MR) is 70.5 cm³/mol. The minimum absolute atomic E-state index is 0.00292.